The maximum atomic E-state index is 12.3. The van der Waals surface area contributed by atoms with Crippen LogP contribution in [-0.4, -0.2) is 47.2 Å². The number of carboxylic acid groups (broad SMARTS) is 1. The van der Waals surface area contributed by atoms with Crippen molar-refractivity contribution in [2.75, 3.05) is 13.2 Å². The molecule has 9 heteroatoms. The van der Waals surface area contributed by atoms with Crippen LogP contribution in [0, 0.1) is 24.2 Å². The first-order valence-electron chi connectivity index (χ1n) is 11.8. The molecule has 4 N–H and O–H groups in total. The summed E-state index contributed by atoms with van der Waals surface area (Å²) in [6.45, 7) is 8.87. The molecule has 3 atom stereocenters. The van der Waals surface area contributed by atoms with Crippen LogP contribution in [0.15, 0.2) is 28.8 Å². The van der Waals surface area contributed by atoms with Gasteiger partial charge in [-0.2, -0.15) is 0 Å². The third-order valence-electron chi connectivity index (χ3n) is 7.19. The second-order valence-corrected chi connectivity index (χ2v) is 9.98. The van der Waals surface area contributed by atoms with E-state index in [1.807, 2.05) is 26.0 Å². The van der Waals surface area contributed by atoms with Crippen molar-refractivity contribution in [2.45, 2.75) is 53.9 Å². The number of aromatic hydroxyl groups is 1. The normalized spacial score (nSPS) is 22.9. The van der Waals surface area contributed by atoms with E-state index >= 15 is 0 Å². The van der Waals surface area contributed by atoms with Crippen LogP contribution in [0.1, 0.15) is 57.2 Å². The summed E-state index contributed by atoms with van der Waals surface area (Å²) in [7, 11) is 0. The van der Waals surface area contributed by atoms with Crippen LogP contribution in [0.4, 0.5) is 0 Å². The molecule has 36 heavy (non-hydrogen) atoms. The molecule has 1 aliphatic rings. The van der Waals surface area contributed by atoms with Gasteiger partial charge in [-0.15, -0.1) is 0 Å². The molecule has 1 aromatic rings. The number of carbonyl (C=O) groups is 3. The number of carboxylic acids is 1. The van der Waals surface area contributed by atoms with Crippen molar-refractivity contribution < 1.29 is 29.3 Å². The number of aliphatic carboxylic acids is 1. The highest BCUT2D eigenvalue weighted by Gasteiger charge is 2.41. The first-order chi connectivity index (χ1) is 16.8. The minimum Gasteiger partial charge on any atom is -0.507 e. The maximum absolute atomic E-state index is 12.3. The van der Waals surface area contributed by atoms with E-state index in [0.29, 0.717) is 23.5 Å². The van der Waals surface area contributed by atoms with Gasteiger partial charge in [0.15, 0.2) is 6.61 Å². The number of hydrogen-bond donors (Lipinski definition) is 3. The summed E-state index contributed by atoms with van der Waals surface area (Å²) in [6.07, 6.45) is 8.87. The Balaban J connectivity index is 2.44. The Morgan fingerprint density at radius 3 is 2.61 bits per heavy atom. The summed E-state index contributed by atoms with van der Waals surface area (Å²) in [5.74, 6) is -1.37. The molecule has 0 aliphatic heterocycles. The highest BCUT2D eigenvalue weighted by atomic mass is 35.5. The number of halogens is 1. The summed E-state index contributed by atoms with van der Waals surface area (Å²) in [5, 5.41) is 20.2. The fourth-order valence-electron chi connectivity index (χ4n) is 4.34. The quantitative estimate of drug-likeness (QED) is 0.309. The van der Waals surface area contributed by atoms with Crippen molar-refractivity contribution in [1.82, 2.24) is 0 Å². The molecular formula is C27H35ClN2O6. The molecule has 0 radical (unpaired) electrons. The number of aliphatic imine (C=N–C) groups is 1. The van der Waals surface area contributed by atoms with Crippen LogP contribution in [0.25, 0.3) is 0 Å². The van der Waals surface area contributed by atoms with E-state index in [9.17, 15) is 19.5 Å². The second-order valence-electron chi connectivity index (χ2n) is 9.61. The fraction of sp³-hybridized carbons (Fsp3) is 0.481. The number of carbonyl (C=O) groups excluding carboxylic acids is 2. The first kappa shape index (κ1) is 29.1. The van der Waals surface area contributed by atoms with Crippen molar-refractivity contribution in [3.63, 3.8) is 0 Å². The Bertz CT molecular complexity index is 1120. The van der Waals surface area contributed by atoms with Crippen LogP contribution in [0.2, 0.25) is 5.02 Å². The van der Waals surface area contributed by atoms with Gasteiger partial charge in [-0.3, -0.25) is 14.6 Å². The number of primary amides is 1. The number of benzene rings is 1. The number of nitrogens with zero attached hydrogens (tertiary/aromatic N) is 1. The number of phenolic OH excluding ortho intramolecular Hbond substituents is 1. The second kappa shape index (κ2) is 12.2. The van der Waals surface area contributed by atoms with Crippen molar-refractivity contribution in [3.8, 4) is 11.5 Å². The van der Waals surface area contributed by atoms with Crippen molar-refractivity contribution >= 4 is 35.5 Å². The lowest BCUT2D eigenvalue weighted by Crippen LogP contribution is -2.40. The number of ketones is 1. The molecule has 1 aliphatic carbocycles. The topological polar surface area (TPSA) is 139 Å². The Hall–Kier alpha value is -3.13. The molecule has 1 aromatic carbocycles. The molecule has 1 saturated carbocycles. The lowest BCUT2D eigenvalue weighted by Gasteiger charge is -2.42. The summed E-state index contributed by atoms with van der Waals surface area (Å²) >= 11 is 6.49. The molecular weight excluding hydrogens is 484 g/mol. The van der Waals surface area contributed by atoms with E-state index in [2.05, 4.69) is 24.9 Å². The fourth-order valence-corrected chi connectivity index (χ4v) is 4.61. The zero-order valence-electron chi connectivity index (χ0n) is 21.4. The van der Waals surface area contributed by atoms with Crippen molar-refractivity contribution in [2.24, 2.45) is 28.0 Å². The molecule has 8 nitrogen and oxygen atoms in total. The average Bonchev–Trinajstić information content (AvgIpc) is 2.81. The third-order valence-corrected chi connectivity index (χ3v) is 7.65. The van der Waals surface area contributed by atoms with Gasteiger partial charge in [0, 0.05) is 29.7 Å². The predicted molar refractivity (Wildman–Crippen MR) is 140 cm³/mol. The van der Waals surface area contributed by atoms with E-state index in [0.717, 1.165) is 12.0 Å². The van der Waals surface area contributed by atoms with Crippen LogP contribution in [0.5, 0.6) is 11.5 Å². The highest BCUT2D eigenvalue weighted by Crippen LogP contribution is 2.45. The SMILES string of the molecule is CC(/C=C/[C@@]1(C)[C@H](C)CCC(=O)[C@@H]1C)=C\Cc1c(O)c(/C=N\CC(N)=O)c(C)c(Cl)c1OCC(=O)O. The molecule has 196 valence electrons. The number of phenols is 1. The van der Waals surface area contributed by atoms with Gasteiger partial charge in [-0.25, -0.2) is 4.79 Å². The minimum absolute atomic E-state index is 0.0706. The van der Waals surface area contributed by atoms with Crippen LogP contribution < -0.4 is 10.5 Å². The standard InChI is InChI=1S/C27H35ClN2O6/c1-15(10-11-27(5)16(2)7-9-21(31)18(27)4)6-8-19-25(35)20(12-30-13-22(29)32)17(3)24(28)26(19)36-14-23(33)34/h6,10-12,16,18,35H,7-9,13-14H2,1-5H3,(H2,29,32)(H,33,34)/b11-10+,15-6+,30-12-/t16-,18+,27+/m1/s1. The largest absolute Gasteiger partial charge is 0.507 e. The van der Waals surface area contributed by atoms with Crippen molar-refractivity contribution in [3.05, 3.63) is 45.5 Å². The molecule has 1 fully saturated rings. The number of rotatable bonds is 10. The van der Waals surface area contributed by atoms with E-state index in [1.165, 1.54) is 6.21 Å². The van der Waals surface area contributed by atoms with Gasteiger partial charge in [-0.1, -0.05) is 56.2 Å². The zero-order valence-corrected chi connectivity index (χ0v) is 22.2. The third kappa shape index (κ3) is 6.75. The molecule has 0 bridgehead atoms. The van der Waals surface area contributed by atoms with Crippen LogP contribution in [0.3, 0.4) is 0 Å². The number of hydrogen-bond acceptors (Lipinski definition) is 6. The number of ether oxygens (including phenoxy) is 1. The predicted octanol–water partition coefficient (Wildman–Crippen LogP) is 4.41. The number of amides is 1. The van der Waals surface area contributed by atoms with E-state index in [-0.39, 0.29) is 52.2 Å². The molecule has 1 amide bonds. The highest BCUT2D eigenvalue weighted by molar-refractivity contribution is 6.33. The van der Waals surface area contributed by atoms with Crippen LogP contribution >= 0.6 is 11.6 Å². The van der Waals surface area contributed by atoms with Gasteiger partial charge in [0.2, 0.25) is 5.91 Å². The number of Topliss-reactive ketones (excluding diaryl/α,β-unsaturated/α-hetero) is 1. The monoisotopic (exact) mass is 518 g/mol. The Kier molecular flexibility index (Phi) is 9.87. The van der Waals surface area contributed by atoms with Crippen LogP contribution in [-0.2, 0) is 20.8 Å². The Labute approximate surface area is 216 Å². The summed E-state index contributed by atoms with van der Waals surface area (Å²) in [4.78, 5) is 38.4. The lowest BCUT2D eigenvalue weighted by atomic mass is 9.61. The number of allylic oxidation sites excluding steroid dienone is 4. The molecule has 0 spiro atoms. The van der Waals surface area contributed by atoms with Gasteiger partial charge in [0.25, 0.3) is 0 Å². The summed E-state index contributed by atoms with van der Waals surface area (Å²) in [6, 6.07) is 0. The van der Waals surface area contributed by atoms with Gasteiger partial charge in [-0.05, 0) is 43.6 Å². The van der Waals surface area contributed by atoms with Crippen molar-refractivity contribution in [1.29, 1.82) is 0 Å². The Morgan fingerprint density at radius 1 is 1.33 bits per heavy atom. The summed E-state index contributed by atoms with van der Waals surface area (Å²) < 4.78 is 5.44. The molecule has 0 heterocycles. The van der Waals surface area contributed by atoms with Gasteiger partial charge < -0.3 is 20.7 Å². The van der Waals surface area contributed by atoms with Gasteiger partial charge >= 0.3 is 5.97 Å². The number of nitrogens with two attached hydrogens (primary N) is 1. The van der Waals surface area contributed by atoms with E-state index < -0.39 is 18.5 Å². The minimum atomic E-state index is -1.19. The molecule has 2 rings (SSSR count). The van der Waals surface area contributed by atoms with Gasteiger partial charge in [0.05, 0.1) is 5.02 Å². The smallest absolute Gasteiger partial charge is 0.341 e. The molecule has 0 aromatic heterocycles. The molecule has 0 saturated heterocycles. The van der Waals surface area contributed by atoms with E-state index in [1.54, 1.807) is 6.92 Å². The van der Waals surface area contributed by atoms with E-state index in [4.69, 9.17) is 27.2 Å². The molecule has 0 unspecified atom stereocenters. The lowest BCUT2D eigenvalue weighted by molar-refractivity contribution is -0.139. The summed E-state index contributed by atoms with van der Waals surface area (Å²) in [5.41, 5.74) is 6.76. The maximum Gasteiger partial charge on any atom is 0.341 e. The first-order valence-corrected chi connectivity index (χ1v) is 12.2. The average molecular weight is 519 g/mol. The Morgan fingerprint density at radius 2 is 2.00 bits per heavy atom. The zero-order chi connectivity index (χ0) is 27.2. The van der Waals surface area contributed by atoms with Gasteiger partial charge in [0.1, 0.15) is 23.8 Å².